The van der Waals surface area contributed by atoms with E-state index in [1.165, 1.54) is 0 Å². The van der Waals surface area contributed by atoms with Gasteiger partial charge in [-0.1, -0.05) is 0 Å². The molecule has 1 saturated heterocycles. The number of carbonyl (C=O) groups excluding carboxylic acids is 1. The van der Waals surface area contributed by atoms with Crippen LogP contribution in [0.1, 0.15) is 12.0 Å². The Balaban J connectivity index is 1.38. The van der Waals surface area contributed by atoms with Gasteiger partial charge in [0.2, 0.25) is 11.9 Å². The molecule has 0 spiro atoms. The zero-order valence-electron chi connectivity index (χ0n) is 17.9. The number of ether oxygens (including phenoxy) is 2. The molecule has 9 heteroatoms. The molecule has 1 aromatic carbocycles. The highest BCUT2D eigenvalue weighted by atomic mass is 16.5. The van der Waals surface area contributed by atoms with Crippen LogP contribution in [0.25, 0.3) is 11.3 Å². The van der Waals surface area contributed by atoms with Crippen LogP contribution in [-0.4, -0.2) is 59.0 Å². The number of amides is 1. The molecule has 0 aliphatic carbocycles. The summed E-state index contributed by atoms with van der Waals surface area (Å²) in [5.41, 5.74) is 2.57. The lowest BCUT2D eigenvalue weighted by Gasteiger charge is -2.17. The molecule has 3 aromatic rings. The van der Waals surface area contributed by atoms with E-state index in [9.17, 15) is 4.79 Å². The van der Waals surface area contributed by atoms with Gasteiger partial charge in [-0.15, -0.1) is 0 Å². The fraction of sp³-hybridized carbons (Fsp3) is 0.364. The number of rotatable bonds is 7. The molecule has 1 fully saturated rings. The minimum atomic E-state index is -0.0524. The third kappa shape index (κ3) is 4.76. The van der Waals surface area contributed by atoms with Crippen molar-refractivity contribution in [3.63, 3.8) is 0 Å². The number of methoxy groups -OCH3 is 2. The van der Waals surface area contributed by atoms with Crippen LogP contribution in [0.5, 0.6) is 11.5 Å². The number of aromatic nitrogens is 4. The largest absolute Gasteiger partial charge is 0.497 e. The smallest absolute Gasteiger partial charge is 0.225 e. The van der Waals surface area contributed by atoms with Crippen molar-refractivity contribution >= 4 is 11.9 Å². The molecule has 9 nitrogen and oxygen atoms in total. The maximum absolute atomic E-state index is 12.7. The molecule has 4 rings (SSSR count). The van der Waals surface area contributed by atoms with Gasteiger partial charge in [0, 0.05) is 49.7 Å². The van der Waals surface area contributed by atoms with Crippen LogP contribution in [0.3, 0.4) is 0 Å². The maximum atomic E-state index is 12.7. The molecule has 1 unspecified atom stereocenters. The second-order valence-electron chi connectivity index (χ2n) is 7.50. The number of hydrogen-bond acceptors (Lipinski definition) is 7. The molecule has 0 saturated carbocycles. The number of anilines is 1. The Bertz CT molecular complexity index is 1070. The van der Waals surface area contributed by atoms with E-state index in [0.29, 0.717) is 24.0 Å². The minimum Gasteiger partial charge on any atom is -0.497 e. The van der Waals surface area contributed by atoms with E-state index >= 15 is 0 Å². The van der Waals surface area contributed by atoms with Gasteiger partial charge in [0.1, 0.15) is 11.5 Å². The van der Waals surface area contributed by atoms with Crippen LogP contribution in [0.4, 0.5) is 5.95 Å². The lowest BCUT2D eigenvalue weighted by atomic mass is 10.1. The molecular formula is C22H26N6O3. The van der Waals surface area contributed by atoms with Crippen LogP contribution in [-0.2, 0) is 18.3 Å². The van der Waals surface area contributed by atoms with Gasteiger partial charge >= 0.3 is 0 Å². The Hall–Kier alpha value is -3.62. The van der Waals surface area contributed by atoms with Crippen LogP contribution in [0.2, 0.25) is 0 Å². The lowest BCUT2D eigenvalue weighted by molar-refractivity contribution is -0.121. The first-order valence-corrected chi connectivity index (χ1v) is 10.1. The number of nitrogens with one attached hydrogen (secondary N) is 1. The number of aryl methyl sites for hydroxylation is 1. The van der Waals surface area contributed by atoms with Crippen molar-refractivity contribution in [3.05, 3.63) is 48.4 Å². The Kier molecular flexibility index (Phi) is 6.01. The highest BCUT2D eigenvalue weighted by Crippen LogP contribution is 2.25. The van der Waals surface area contributed by atoms with Crippen molar-refractivity contribution in [1.29, 1.82) is 0 Å². The van der Waals surface area contributed by atoms with E-state index in [0.717, 1.165) is 29.8 Å². The quantitative estimate of drug-likeness (QED) is 0.621. The van der Waals surface area contributed by atoms with Crippen LogP contribution in [0.15, 0.2) is 42.9 Å². The zero-order chi connectivity index (χ0) is 21.8. The van der Waals surface area contributed by atoms with E-state index in [-0.39, 0.29) is 18.4 Å². The van der Waals surface area contributed by atoms with E-state index < -0.39 is 0 Å². The van der Waals surface area contributed by atoms with Crippen molar-refractivity contribution in [2.24, 2.45) is 7.05 Å². The van der Waals surface area contributed by atoms with Crippen molar-refractivity contribution in [2.75, 3.05) is 32.2 Å². The predicted molar refractivity (Wildman–Crippen MR) is 116 cm³/mol. The van der Waals surface area contributed by atoms with Gasteiger partial charge in [-0.2, -0.15) is 5.10 Å². The summed E-state index contributed by atoms with van der Waals surface area (Å²) in [4.78, 5) is 23.8. The van der Waals surface area contributed by atoms with Gasteiger partial charge in [0.05, 0.1) is 32.5 Å². The molecule has 1 N–H and O–H groups in total. The first-order chi connectivity index (χ1) is 15.1. The molecule has 1 atom stereocenters. The summed E-state index contributed by atoms with van der Waals surface area (Å²) < 4.78 is 12.4. The fourth-order valence-electron chi connectivity index (χ4n) is 3.75. The topological polar surface area (TPSA) is 94.4 Å². The first-order valence-electron chi connectivity index (χ1n) is 10.1. The van der Waals surface area contributed by atoms with Crippen LogP contribution in [0, 0.1) is 0 Å². The third-order valence-corrected chi connectivity index (χ3v) is 5.32. The van der Waals surface area contributed by atoms with Crippen molar-refractivity contribution < 1.29 is 14.3 Å². The molecule has 3 heterocycles. The Morgan fingerprint density at radius 1 is 1.26 bits per heavy atom. The van der Waals surface area contributed by atoms with Crippen LogP contribution < -0.4 is 19.7 Å². The standard InChI is InChI=1S/C22H26N6O3/c1-27-13-16(12-24-27)19-6-8-23-22(26-19)28-9-7-17(14-28)25-21(29)11-15-10-18(30-2)4-5-20(15)31-3/h4-6,8,10,12-13,17H,7,9,11,14H2,1-3H3,(H,25,29). The summed E-state index contributed by atoms with van der Waals surface area (Å²) in [6, 6.07) is 7.36. The average molecular weight is 422 g/mol. The van der Waals surface area contributed by atoms with E-state index in [2.05, 4.69) is 25.3 Å². The van der Waals surface area contributed by atoms with Gasteiger partial charge in [0.25, 0.3) is 0 Å². The van der Waals surface area contributed by atoms with Gasteiger partial charge in [-0.25, -0.2) is 9.97 Å². The Morgan fingerprint density at radius 2 is 2.13 bits per heavy atom. The highest BCUT2D eigenvalue weighted by molar-refractivity contribution is 5.80. The second kappa shape index (κ2) is 9.03. The SMILES string of the molecule is COc1ccc(OC)c(CC(=O)NC2CCN(c3nccc(-c4cnn(C)c4)n3)C2)c1. The average Bonchev–Trinajstić information content (AvgIpc) is 3.43. The van der Waals surface area contributed by atoms with Crippen LogP contribution >= 0.6 is 0 Å². The molecule has 162 valence electrons. The molecular weight excluding hydrogens is 396 g/mol. The summed E-state index contributed by atoms with van der Waals surface area (Å²) >= 11 is 0. The molecule has 1 amide bonds. The summed E-state index contributed by atoms with van der Waals surface area (Å²) in [5.74, 6) is 1.97. The van der Waals surface area contributed by atoms with E-state index in [1.54, 1.807) is 31.3 Å². The molecule has 0 bridgehead atoms. The summed E-state index contributed by atoms with van der Waals surface area (Å²) in [6.45, 7) is 1.45. The molecule has 31 heavy (non-hydrogen) atoms. The fourth-order valence-corrected chi connectivity index (χ4v) is 3.75. The van der Waals surface area contributed by atoms with Crippen molar-refractivity contribution in [3.8, 4) is 22.8 Å². The van der Waals surface area contributed by atoms with Gasteiger partial charge in [-0.3, -0.25) is 9.48 Å². The number of nitrogens with zero attached hydrogens (tertiary/aromatic N) is 5. The Labute approximate surface area is 181 Å². The van der Waals surface area contributed by atoms with Crippen molar-refractivity contribution in [2.45, 2.75) is 18.9 Å². The van der Waals surface area contributed by atoms with Gasteiger partial charge in [-0.05, 0) is 30.7 Å². The Morgan fingerprint density at radius 3 is 2.87 bits per heavy atom. The van der Waals surface area contributed by atoms with Gasteiger partial charge in [0.15, 0.2) is 0 Å². The first kappa shape index (κ1) is 20.6. The maximum Gasteiger partial charge on any atom is 0.225 e. The molecule has 2 aromatic heterocycles. The van der Waals surface area contributed by atoms with Crippen molar-refractivity contribution in [1.82, 2.24) is 25.1 Å². The second-order valence-corrected chi connectivity index (χ2v) is 7.50. The summed E-state index contributed by atoms with van der Waals surface area (Å²) in [5, 5.41) is 7.32. The molecule has 1 aliphatic heterocycles. The summed E-state index contributed by atoms with van der Waals surface area (Å²) in [6.07, 6.45) is 6.52. The monoisotopic (exact) mass is 422 g/mol. The normalized spacial score (nSPS) is 15.7. The predicted octanol–water partition coefficient (Wildman–Crippen LogP) is 1.83. The van der Waals surface area contributed by atoms with Gasteiger partial charge < -0.3 is 19.7 Å². The van der Waals surface area contributed by atoms with E-state index in [4.69, 9.17) is 9.47 Å². The highest BCUT2D eigenvalue weighted by Gasteiger charge is 2.26. The minimum absolute atomic E-state index is 0.0368. The molecule has 0 radical (unpaired) electrons. The van der Waals surface area contributed by atoms with E-state index in [1.807, 2.05) is 37.5 Å². The number of benzene rings is 1. The molecule has 1 aliphatic rings. The lowest BCUT2D eigenvalue weighted by Crippen LogP contribution is -2.38. The number of carbonyl (C=O) groups is 1. The number of hydrogen-bond donors (Lipinski definition) is 1. The zero-order valence-corrected chi connectivity index (χ0v) is 17.9. The summed E-state index contributed by atoms with van der Waals surface area (Å²) in [7, 11) is 5.07. The third-order valence-electron chi connectivity index (χ3n) is 5.32.